The summed E-state index contributed by atoms with van der Waals surface area (Å²) in [6.07, 6.45) is 2.25. The van der Waals surface area contributed by atoms with Crippen LogP contribution < -0.4 is 11.1 Å². The highest BCUT2D eigenvalue weighted by Gasteiger charge is 2.37. The van der Waals surface area contributed by atoms with Crippen LogP contribution in [0.3, 0.4) is 0 Å². The first kappa shape index (κ1) is 14.4. The average Bonchev–Trinajstić information content (AvgIpc) is 2.39. The normalized spacial score (nSPS) is 27.5. The van der Waals surface area contributed by atoms with E-state index in [4.69, 9.17) is 10.5 Å². The Bertz CT molecular complexity index is 419. The van der Waals surface area contributed by atoms with E-state index < -0.39 is 0 Å². The van der Waals surface area contributed by atoms with E-state index in [1.807, 2.05) is 0 Å². The quantitative estimate of drug-likeness (QED) is 0.877. The fraction of sp³-hybridized carbons (Fsp3) is 0.625. The van der Waals surface area contributed by atoms with Crippen molar-refractivity contribution in [3.05, 3.63) is 29.8 Å². The molecule has 0 bridgehead atoms. The molecule has 1 fully saturated rings. The molecule has 1 aliphatic rings. The number of hydrogen-bond donors (Lipinski definition) is 2. The third-order valence-electron chi connectivity index (χ3n) is 4.07. The molecule has 106 valence electrons. The van der Waals surface area contributed by atoms with Crippen LogP contribution in [0.4, 0.5) is 5.69 Å². The molecule has 1 aromatic carbocycles. The Labute approximate surface area is 116 Å². The number of rotatable bonds is 4. The first-order chi connectivity index (χ1) is 9.04. The molecular weight excluding hydrogens is 236 g/mol. The first-order valence-electron chi connectivity index (χ1n) is 7.21. The number of ether oxygens (including phenoxy) is 1. The highest BCUT2D eigenvalue weighted by Crippen LogP contribution is 2.31. The molecule has 1 aromatic rings. The van der Waals surface area contributed by atoms with Gasteiger partial charge in [-0.25, -0.2) is 0 Å². The number of nitrogens with one attached hydrogen (secondary N) is 1. The van der Waals surface area contributed by atoms with E-state index in [9.17, 15) is 0 Å². The minimum Gasteiger partial charge on any atom is -0.378 e. The van der Waals surface area contributed by atoms with Crippen LogP contribution in [0.1, 0.15) is 32.3 Å². The molecule has 3 nitrogen and oxygen atoms in total. The predicted molar refractivity (Wildman–Crippen MR) is 80.4 cm³/mol. The third kappa shape index (κ3) is 3.48. The Hall–Kier alpha value is -1.06. The molecule has 3 heteroatoms. The van der Waals surface area contributed by atoms with Gasteiger partial charge in [-0.3, -0.25) is 0 Å². The van der Waals surface area contributed by atoms with Gasteiger partial charge in [0, 0.05) is 18.8 Å². The molecule has 1 saturated heterocycles. The van der Waals surface area contributed by atoms with E-state index >= 15 is 0 Å². The number of nitrogens with two attached hydrogens (primary N) is 1. The van der Waals surface area contributed by atoms with Crippen molar-refractivity contribution in [1.82, 2.24) is 0 Å². The summed E-state index contributed by atoms with van der Waals surface area (Å²) in [4.78, 5) is 0. The molecule has 0 aromatic heterocycles. The molecule has 1 aliphatic heterocycles. The third-order valence-corrected chi connectivity index (χ3v) is 4.07. The van der Waals surface area contributed by atoms with E-state index in [0.29, 0.717) is 18.6 Å². The average molecular weight is 262 g/mol. The molecule has 2 atom stereocenters. The minimum atomic E-state index is -0.0268. The largest absolute Gasteiger partial charge is 0.378 e. The Morgan fingerprint density at radius 3 is 2.89 bits per heavy atom. The van der Waals surface area contributed by atoms with Crippen LogP contribution in [0.2, 0.25) is 0 Å². The lowest BCUT2D eigenvalue weighted by molar-refractivity contribution is -0.0357. The summed E-state index contributed by atoms with van der Waals surface area (Å²) < 4.78 is 5.86. The number of benzene rings is 1. The Morgan fingerprint density at radius 2 is 2.26 bits per heavy atom. The summed E-state index contributed by atoms with van der Waals surface area (Å²) >= 11 is 0. The van der Waals surface area contributed by atoms with Crippen LogP contribution in [0.15, 0.2) is 24.3 Å². The number of aryl methyl sites for hydroxylation is 1. The van der Waals surface area contributed by atoms with Crippen molar-refractivity contribution < 1.29 is 4.74 Å². The fourth-order valence-electron chi connectivity index (χ4n) is 2.76. The zero-order chi connectivity index (χ0) is 13.9. The minimum absolute atomic E-state index is 0.0268. The van der Waals surface area contributed by atoms with Crippen LogP contribution in [-0.4, -0.2) is 24.8 Å². The van der Waals surface area contributed by atoms with E-state index in [-0.39, 0.29) is 5.54 Å². The second-order valence-corrected chi connectivity index (χ2v) is 6.09. The zero-order valence-corrected chi connectivity index (χ0v) is 12.3. The highest BCUT2D eigenvalue weighted by molar-refractivity contribution is 5.48. The highest BCUT2D eigenvalue weighted by atomic mass is 16.5. The van der Waals surface area contributed by atoms with Crippen LogP contribution in [0.25, 0.3) is 0 Å². The maximum absolute atomic E-state index is 6.07. The summed E-state index contributed by atoms with van der Waals surface area (Å²) in [5.74, 6) is 0.533. The van der Waals surface area contributed by atoms with E-state index in [0.717, 1.165) is 25.1 Å². The Balaban J connectivity index is 2.13. The lowest BCUT2D eigenvalue weighted by Gasteiger charge is -2.43. The molecule has 2 rings (SSSR count). The molecular formula is C16H26N2O. The first-order valence-corrected chi connectivity index (χ1v) is 7.21. The van der Waals surface area contributed by atoms with Gasteiger partial charge in [-0.1, -0.05) is 26.0 Å². The van der Waals surface area contributed by atoms with Crippen molar-refractivity contribution >= 4 is 5.69 Å². The summed E-state index contributed by atoms with van der Waals surface area (Å²) in [6, 6.07) is 8.49. The fourth-order valence-corrected chi connectivity index (χ4v) is 2.76. The van der Waals surface area contributed by atoms with Gasteiger partial charge in [0.1, 0.15) is 0 Å². The number of hydrogen-bond acceptors (Lipinski definition) is 3. The van der Waals surface area contributed by atoms with Gasteiger partial charge in [-0.2, -0.15) is 0 Å². The number of anilines is 1. The lowest BCUT2D eigenvalue weighted by Crippen LogP contribution is -2.53. The van der Waals surface area contributed by atoms with Crippen molar-refractivity contribution in [2.24, 2.45) is 11.7 Å². The summed E-state index contributed by atoms with van der Waals surface area (Å²) in [6.45, 7) is 7.97. The SMILES string of the molecule is Cc1cccc(NC2(CN)CCOC(C(C)C)C2)c1. The van der Waals surface area contributed by atoms with Crippen LogP contribution in [0, 0.1) is 12.8 Å². The van der Waals surface area contributed by atoms with Crippen molar-refractivity contribution in [3.8, 4) is 0 Å². The summed E-state index contributed by atoms with van der Waals surface area (Å²) in [5.41, 5.74) is 8.47. The lowest BCUT2D eigenvalue weighted by atomic mass is 9.83. The van der Waals surface area contributed by atoms with Gasteiger partial charge < -0.3 is 15.8 Å². The second-order valence-electron chi connectivity index (χ2n) is 6.09. The molecule has 0 saturated carbocycles. The van der Waals surface area contributed by atoms with E-state index in [2.05, 4.69) is 50.4 Å². The standard InChI is InChI=1S/C16H26N2O/c1-12(2)15-10-16(11-17,7-8-19-15)18-14-6-4-5-13(3)9-14/h4-6,9,12,15,18H,7-8,10-11,17H2,1-3H3. The van der Waals surface area contributed by atoms with E-state index in [1.165, 1.54) is 5.56 Å². The zero-order valence-electron chi connectivity index (χ0n) is 12.3. The van der Waals surface area contributed by atoms with Gasteiger partial charge >= 0.3 is 0 Å². The Morgan fingerprint density at radius 1 is 1.47 bits per heavy atom. The Kier molecular flexibility index (Phi) is 4.48. The van der Waals surface area contributed by atoms with Crippen molar-refractivity contribution in [3.63, 3.8) is 0 Å². The molecule has 19 heavy (non-hydrogen) atoms. The van der Waals surface area contributed by atoms with Crippen LogP contribution in [-0.2, 0) is 4.74 Å². The van der Waals surface area contributed by atoms with Crippen LogP contribution >= 0.6 is 0 Å². The second kappa shape index (κ2) is 5.93. The predicted octanol–water partition coefficient (Wildman–Crippen LogP) is 2.94. The molecule has 0 aliphatic carbocycles. The molecule has 1 heterocycles. The van der Waals surface area contributed by atoms with Crippen molar-refractivity contribution in [1.29, 1.82) is 0 Å². The molecule has 0 radical (unpaired) electrons. The molecule has 3 N–H and O–H groups in total. The van der Waals surface area contributed by atoms with Gasteiger partial charge in [-0.15, -0.1) is 0 Å². The van der Waals surface area contributed by atoms with Crippen LogP contribution in [0.5, 0.6) is 0 Å². The van der Waals surface area contributed by atoms with Crippen molar-refractivity contribution in [2.45, 2.75) is 45.3 Å². The smallest absolute Gasteiger partial charge is 0.0620 e. The summed E-state index contributed by atoms with van der Waals surface area (Å²) in [5, 5.41) is 3.66. The molecule has 0 amide bonds. The molecule has 0 spiro atoms. The maximum atomic E-state index is 6.07. The van der Waals surface area contributed by atoms with E-state index in [1.54, 1.807) is 0 Å². The van der Waals surface area contributed by atoms with Gasteiger partial charge in [0.25, 0.3) is 0 Å². The van der Waals surface area contributed by atoms with Gasteiger partial charge in [0.15, 0.2) is 0 Å². The van der Waals surface area contributed by atoms with Gasteiger partial charge in [-0.05, 0) is 43.4 Å². The van der Waals surface area contributed by atoms with Gasteiger partial charge in [0.05, 0.1) is 11.6 Å². The van der Waals surface area contributed by atoms with Gasteiger partial charge in [0.2, 0.25) is 0 Å². The summed E-state index contributed by atoms with van der Waals surface area (Å²) in [7, 11) is 0. The maximum Gasteiger partial charge on any atom is 0.0620 e. The monoisotopic (exact) mass is 262 g/mol. The topological polar surface area (TPSA) is 47.3 Å². The van der Waals surface area contributed by atoms with Crippen molar-refractivity contribution in [2.75, 3.05) is 18.5 Å². The molecule has 2 unspecified atom stereocenters.